The van der Waals surface area contributed by atoms with E-state index in [0.29, 0.717) is 6.04 Å². The van der Waals surface area contributed by atoms with Gasteiger partial charge in [-0.25, -0.2) is 4.98 Å². The third-order valence-electron chi connectivity index (χ3n) is 4.11. The topological polar surface area (TPSA) is 43.8 Å². The zero-order chi connectivity index (χ0) is 12.5. The Labute approximate surface area is 104 Å². The Kier molecular flexibility index (Phi) is 3.57. The molecule has 0 atom stereocenters. The maximum atomic E-state index is 6.20. The van der Waals surface area contributed by atoms with E-state index in [1.54, 1.807) is 0 Å². The maximum Gasteiger partial charge on any atom is 0.0951 e. The van der Waals surface area contributed by atoms with Crippen molar-refractivity contribution < 1.29 is 0 Å². The molecule has 0 bridgehead atoms. The Morgan fingerprint density at radius 1 is 1.35 bits per heavy atom. The summed E-state index contributed by atoms with van der Waals surface area (Å²) < 4.78 is 2.31. The highest BCUT2D eigenvalue weighted by molar-refractivity contribution is 5.11. The minimum Gasteiger partial charge on any atom is -0.330 e. The van der Waals surface area contributed by atoms with Crippen LogP contribution < -0.4 is 5.73 Å². The molecular weight excluding hydrogens is 210 g/mol. The molecule has 3 heteroatoms. The first-order chi connectivity index (χ1) is 8.02. The summed E-state index contributed by atoms with van der Waals surface area (Å²) in [6.07, 6.45) is 10.5. The van der Waals surface area contributed by atoms with Gasteiger partial charge in [-0.05, 0) is 45.4 Å². The Hall–Kier alpha value is -0.830. The molecule has 2 rings (SSSR count). The fraction of sp³-hybridized carbons (Fsp3) is 0.786. The highest BCUT2D eigenvalue weighted by Crippen LogP contribution is 2.35. The van der Waals surface area contributed by atoms with Crippen molar-refractivity contribution in [2.75, 3.05) is 0 Å². The summed E-state index contributed by atoms with van der Waals surface area (Å²) in [5, 5.41) is 0. The molecule has 96 valence electrons. The second-order valence-corrected chi connectivity index (χ2v) is 5.99. The molecule has 0 aromatic carbocycles. The fourth-order valence-electron chi connectivity index (χ4n) is 2.93. The van der Waals surface area contributed by atoms with E-state index in [1.165, 1.54) is 32.1 Å². The van der Waals surface area contributed by atoms with Gasteiger partial charge in [-0.15, -0.1) is 0 Å². The molecular formula is C14H25N3. The number of hydrogen-bond acceptors (Lipinski definition) is 2. The molecule has 0 unspecified atom stereocenters. The lowest BCUT2D eigenvalue weighted by molar-refractivity contribution is 0.260. The van der Waals surface area contributed by atoms with E-state index >= 15 is 0 Å². The summed E-state index contributed by atoms with van der Waals surface area (Å²) in [5.41, 5.74) is 7.07. The number of hydrogen-bond donors (Lipinski definition) is 1. The number of nitrogens with two attached hydrogens (primary N) is 1. The minimum absolute atomic E-state index is 0.294. The molecule has 0 spiro atoms. The van der Waals surface area contributed by atoms with Gasteiger partial charge in [0.15, 0.2) is 0 Å². The lowest BCUT2D eigenvalue weighted by Gasteiger charge is -2.32. The molecule has 1 aliphatic rings. The highest BCUT2D eigenvalue weighted by atomic mass is 15.1. The van der Waals surface area contributed by atoms with Crippen molar-refractivity contribution in [3.63, 3.8) is 0 Å². The number of nitrogens with zero attached hydrogens (tertiary/aromatic N) is 2. The minimum atomic E-state index is -0.294. The Balaban J connectivity index is 2.11. The normalized spacial score (nSPS) is 26.1. The van der Waals surface area contributed by atoms with Crippen molar-refractivity contribution in [2.45, 2.75) is 64.5 Å². The molecule has 1 heterocycles. The van der Waals surface area contributed by atoms with Gasteiger partial charge in [0, 0.05) is 12.2 Å². The van der Waals surface area contributed by atoms with Crippen LogP contribution in [0.4, 0.5) is 0 Å². The van der Waals surface area contributed by atoms with Crippen molar-refractivity contribution in [2.24, 2.45) is 11.7 Å². The Morgan fingerprint density at radius 2 is 2.00 bits per heavy atom. The molecule has 3 nitrogen and oxygen atoms in total. The second-order valence-electron chi connectivity index (χ2n) is 5.99. The standard InChI is InChI=1S/C14H25N3/c1-4-11-5-7-12(8-6-11)17-10-16-9-13(17)14(2,3)15/h9-12H,4-8,15H2,1-3H3. The van der Waals surface area contributed by atoms with Crippen LogP contribution in [0, 0.1) is 5.92 Å². The Bertz CT molecular complexity index is 354. The van der Waals surface area contributed by atoms with E-state index in [2.05, 4.69) is 30.3 Å². The van der Waals surface area contributed by atoms with Crippen molar-refractivity contribution in [3.05, 3.63) is 18.2 Å². The van der Waals surface area contributed by atoms with E-state index in [9.17, 15) is 0 Å². The lowest BCUT2D eigenvalue weighted by atomic mass is 9.84. The predicted molar refractivity (Wildman–Crippen MR) is 70.7 cm³/mol. The number of aromatic nitrogens is 2. The van der Waals surface area contributed by atoms with Gasteiger partial charge in [0.05, 0.1) is 17.6 Å². The third-order valence-corrected chi connectivity index (χ3v) is 4.11. The zero-order valence-electron chi connectivity index (χ0n) is 11.3. The Morgan fingerprint density at radius 3 is 2.53 bits per heavy atom. The van der Waals surface area contributed by atoms with Gasteiger partial charge in [0.1, 0.15) is 0 Å². The molecule has 0 aliphatic heterocycles. The summed E-state index contributed by atoms with van der Waals surface area (Å²) in [7, 11) is 0. The van der Waals surface area contributed by atoms with E-state index in [4.69, 9.17) is 5.73 Å². The third kappa shape index (κ3) is 2.71. The van der Waals surface area contributed by atoms with Gasteiger partial charge < -0.3 is 10.3 Å². The SMILES string of the molecule is CCC1CCC(n2cncc2C(C)(C)N)CC1. The monoisotopic (exact) mass is 235 g/mol. The van der Waals surface area contributed by atoms with Crippen LogP contribution in [-0.4, -0.2) is 9.55 Å². The molecule has 17 heavy (non-hydrogen) atoms. The van der Waals surface area contributed by atoms with Crippen molar-refractivity contribution in [3.8, 4) is 0 Å². The average Bonchev–Trinajstić information content (AvgIpc) is 2.78. The second kappa shape index (κ2) is 4.81. The van der Waals surface area contributed by atoms with Gasteiger partial charge in [0.25, 0.3) is 0 Å². The van der Waals surface area contributed by atoms with Crippen LogP contribution in [0.2, 0.25) is 0 Å². The van der Waals surface area contributed by atoms with Gasteiger partial charge in [0.2, 0.25) is 0 Å². The quantitative estimate of drug-likeness (QED) is 0.874. The van der Waals surface area contributed by atoms with Crippen LogP contribution >= 0.6 is 0 Å². The summed E-state index contributed by atoms with van der Waals surface area (Å²) in [4.78, 5) is 4.29. The van der Waals surface area contributed by atoms with Crippen LogP contribution in [0.15, 0.2) is 12.5 Å². The fourth-order valence-corrected chi connectivity index (χ4v) is 2.93. The molecule has 1 aliphatic carbocycles. The molecule has 1 fully saturated rings. The molecule has 0 saturated heterocycles. The molecule has 2 N–H and O–H groups in total. The first kappa shape index (κ1) is 12.6. The summed E-state index contributed by atoms with van der Waals surface area (Å²) in [6.45, 7) is 6.41. The maximum absolute atomic E-state index is 6.20. The first-order valence-corrected chi connectivity index (χ1v) is 6.83. The summed E-state index contributed by atoms with van der Waals surface area (Å²) >= 11 is 0. The number of rotatable bonds is 3. The van der Waals surface area contributed by atoms with Gasteiger partial charge in [-0.3, -0.25) is 0 Å². The van der Waals surface area contributed by atoms with Gasteiger partial charge in [-0.1, -0.05) is 13.3 Å². The van der Waals surface area contributed by atoms with Crippen LogP contribution in [-0.2, 0) is 5.54 Å². The van der Waals surface area contributed by atoms with Crippen molar-refractivity contribution in [1.82, 2.24) is 9.55 Å². The summed E-state index contributed by atoms with van der Waals surface area (Å²) in [6, 6.07) is 0.609. The first-order valence-electron chi connectivity index (χ1n) is 6.83. The molecule has 0 radical (unpaired) electrons. The van der Waals surface area contributed by atoms with Gasteiger partial charge >= 0.3 is 0 Å². The lowest BCUT2D eigenvalue weighted by Crippen LogP contribution is -2.33. The van der Waals surface area contributed by atoms with Crippen LogP contribution in [0.1, 0.15) is 64.6 Å². The van der Waals surface area contributed by atoms with Crippen molar-refractivity contribution >= 4 is 0 Å². The van der Waals surface area contributed by atoms with E-state index < -0.39 is 0 Å². The highest BCUT2D eigenvalue weighted by Gasteiger charge is 2.26. The van der Waals surface area contributed by atoms with Crippen molar-refractivity contribution in [1.29, 1.82) is 0 Å². The smallest absolute Gasteiger partial charge is 0.0951 e. The van der Waals surface area contributed by atoms with Crippen LogP contribution in [0.3, 0.4) is 0 Å². The van der Waals surface area contributed by atoms with E-state index in [0.717, 1.165) is 11.6 Å². The largest absolute Gasteiger partial charge is 0.330 e. The van der Waals surface area contributed by atoms with Gasteiger partial charge in [-0.2, -0.15) is 0 Å². The van der Waals surface area contributed by atoms with Crippen LogP contribution in [0.25, 0.3) is 0 Å². The molecule has 1 aromatic heterocycles. The van der Waals surface area contributed by atoms with E-state index in [-0.39, 0.29) is 5.54 Å². The predicted octanol–water partition coefficient (Wildman–Crippen LogP) is 3.22. The van der Waals surface area contributed by atoms with E-state index in [1.807, 2.05) is 12.5 Å². The molecule has 0 amide bonds. The summed E-state index contributed by atoms with van der Waals surface area (Å²) in [5.74, 6) is 0.934. The molecule has 1 saturated carbocycles. The van der Waals surface area contributed by atoms with Crippen LogP contribution in [0.5, 0.6) is 0 Å². The molecule has 1 aromatic rings. The average molecular weight is 235 g/mol. The zero-order valence-corrected chi connectivity index (χ0v) is 11.3. The number of imidazole rings is 1.